The molecule has 1 rings (SSSR count). The quantitative estimate of drug-likeness (QED) is 0.354. The average Bonchev–Trinajstić information content (AvgIpc) is 2.14. The second-order valence-corrected chi connectivity index (χ2v) is 4.82. The lowest BCUT2D eigenvalue weighted by Gasteiger charge is -2.04. The van der Waals surface area contributed by atoms with Gasteiger partial charge in [0.1, 0.15) is 5.15 Å². The summed E-state index contributed by atoms with van der Waals surface area (Å²) in [4.78, 5) is 14.2. The third-order valence-electron chi connectivity index (χ3n) is 1.56. The van der Waals surface area contributed by atoms with E-state index in [2.05, 4.69) is 4.98 Å². The van der Waals surface area contributed by atoms with Gasteiger partial charge >= 0.3 is 5.69 Å². The molecule has 15 heavy (non-hydrogen) atoms. The van der Waals surface area contributed by atoms with Crippen LogP contribution in [0.2, 0.25) is 5.15 Å². The highest BCUT2D eigenvalue weighted by Crippen LogP contribution is 2.29. The summed E-state index contributed by atoms with van der Waals surface area (Å²) in [5.41, 5.74) is 0.0186. The smallest absolute Gasteiger partial charge is 0.258 e. The van der Waals surface area contributed by atoms with Crippen molar-refractivity contribution in [3.63, 3.8) is 0 Å². The van der Waals surface area contributed by atoms with Crippen LogP contribution in [-0.2, 0) is 0 Å². The summed E-state index contributed by atoms with van der Waals surface area (Å²) in [5.74, 6) is 1.24. The van der Waals surface area contributed by atoms with Crippen LogP contribution in [0.5, 0.6) is 0 Å². The number of nitro groups is 1. The van der Waals surface area contributed by atoms with Gasteiger partial charge in [0, 0.05) is 11.8 Å². The monoisotopic (exact) mass is 246 g/mol. The molecule has 0 spiro atoms. The minimum Gasteiger partial charge on any atom is -0.258 e. The van der Waals surface area contributed by atoms with Gasteiger partial charge in [-0.05, 0) is 12.0 Å². The molecule has 1 aromatic rings. The highest BCUT2D eigenvalue weighted by Gasteiger charge is 2.16. The summed E-state index contributed by atoms with van der Waals surface area (Å²) in [5, 5.41) is 11.4. The highest BCUT2D eigenvalue weighted by molar-refractivity contribution is 7.99. The fourth-order valence-corrected chi connectivity index (χ4v) is 2.04. The van der Waals surface area contributed by atoms with Crippen LogP contribution in [0.25, 0.3) is 0 Å². The van der Waals surface area contributed by atoms with Crippen molar-refractivity contribution in [1.82, 2.24) is 4.98 Å². The van der Waals surface area contributed by atoms with Crippen LogP contribution in [0, 0.1) is 16.0 Å². The number of thioether (sulfide) groups is 1. The Labute approximate surface area is 97.2 Å². The van der Waals surface area contributed by atoms with Gasteiger partial charge in [-0.2, -0.15) is 0 Å². The Balaban J connectivity index is 2.92. The van der Waals surface area contributed by atoms with Crippen molar-refractivity contribution in [3.8, 4) is 0 Å². The van der Waals surface area contributed by atoms with Gasteiger partial charge in [0.2, 0.25) is 0 Å². The maximum atomic E-state index is 10.7. The molecule has 0 aliphatic rings. The number of aromatic nitrogens is 1. The molecule has 0 aliphatic heterocycles. The van der Waals surface area contributed by atoms with Gasteiger partial charge in [-0.3, -0.25) is 10.1 Å². The van der Waals surface area contributed by atoms with Gasteiger partial charge in [0.25, 0.3) is 0 Å². The maximum Gasteiger partial charge on any atom is 0.301 e. The number of hydrogen-bond acceptors (Lipinski definition) is 4. The summed E-state index contributed by atoms with van der Waals surface area (Å²) in [6, 6.07) is 2.82. The molecule has 0 radical (unpaired) electrons. The van der Waals surface area contributed by atoms with Crippen molar-refractivity contribution >= 4 is 29.1 Å². The van der Waals surface area contributed by atoms with Gasteiger partial charge in [0.05, 0.1) is 4.92 Å². The molecule has 0 atom stereocenters. The van der Waals surface area contributed by atoms with E-state index in [0.29, 0.717) is 10.9 Å². The molecule has 0 saturated carbocycles. The fourth-order valence-electron chi connectivity index (χ4n) is 0.901. The average molecular weight is 247 g/mol. The summed E-state index contributed by atoms with van der Waals surface area (Å²) < 4.78 is 0. The van der Waals surface area contributed by atoms with Crippen molar-refractivity contribution in [2.45, 2.75) is 18.9 Å². The molecule has 0 amide bonds. The zero-order chi connectivity index (χ0) is 11.4. The van der Waals surface area contributed by atoms with Gasteiger partial charge in [-0.15, -0.1) is 0 Å². The molecular weight excluding hydrogens is 236 g/mol. The number of rotatable bonds is 4. The van der Waals surface area contributed by atoms with E-state index in [4.69, 9.17) is 11.6 Å². The molecule has 4 nitrogen and oxygen atoms in total. The summed E-state index contributed by atoms with van der Waals surface area (Å²) >= 11 is 7.05. The Bertz CT molecular complexity index is 371. The van der Waals surface area contributed by atoms with Crippen molar-refractivity contribution in [3.05, 3.63) is 27.4 Å². The molecule has 82 valence electrons. The van der Waals surface area contributed by atoms with Crippen molar-refractivity contribution in [2.75, 3.05) is 5.75 Å². The molecule has 0 aromatic carbocycles. The van der Waals surface area contributed by atoms with Crippen LogP contribution in [0.1, 0.15) is 13.8 Å². The first-order valence-electron chi connectivity index (χ1n) is 4.44. The summed E-state index contributed by atoms with van der Waals surface area (Å²) in [6.45, 7) is 4.09. The second-order valence-electron chi connectivity index (χ2n) is 3.42. The first kappa shape index (κ1) is 12.3. The van der Waals surface area contributed by atoms with Crippen molar-refractivity contribution < 1.29 is 4.92 Å². The number of halogens is 1. The molecule has 1 heterocycles. The Morgan fingerprint density at radius 3 is 2.80 bits per heavy atom. The Morgan fingerprint density at radius 2 is 2.27 bits per heavy atom. The second kappa shape index (κ2) is 5.32. The molecule has 6 heteroatoms. The van der Waals surface area contributed by atoms with E-state index in [0.717, 1.165) is 5.75 Å². The Hall–Kier alpha value is -0.810. The topological polar surface area (TPSA) is 56.0 Å². The molecule has 0 fully saturated rings. The third-order valence-corrected chi connectivity index (χ3v) is 3.17. The minimum absolute atomic E-state index is 0.0186. The lowest BCUT2D eigenvalue weighted by atomic mass is 10.3. The van der Waals surface area contributed by atoms with E-state index in [-0.39, 0.29) is 10.8 Å². The third kappa shape index (κ3) is 3.68. The number of pyridine rings is 1. The number of nitrogens with zero attached hydrogens (tertiary/aromatic N) is 2. The van der Waals surface area contributed by atoms with E-state index in [9.17, 15) is 10.1 Å². The highest BCUT2D eigenvalue weighted by atomic mass is 35.5. The first-order valence-corrected chi connectivity index (χ1v) is 5.80. The van der Waals surface area contributed by atoms with Crippen LogP contribution in [0.4, 0.5) is 5.69 Å². The number of hydrogen-bond donors (Lipinski definition) is 0. The predicted octanol–water partition coefficient (Wildman–Crippen LogP) is 3.39. The molecule has 0 unspecified atom stereocenters. The van der Waals surface area contributed by atoms with E-state index in [1.54, 1.807) is 0 Å². The maximum absolute atomic E-state index is 10.7. The van der Waals surface area contributed by atoms with Crippen molar-refractivity contribution in [1.29, 1.82) is 0 Å². The molecule has 0 aliphatic carbocycles. The Kier molecular flexibility index (Phi) is 4.35. The zero-order valence-corrected chi connectivity index (χ0v) is 10.0. The lowest BCUT2D eigenvalue weighted by Crippen LogP contribution is -1.96. The molecule has 0 N–H and O–H groups in total. The van der Waals surface area contributed by atoms with E-state index in [1.165, 1.54) is 23.9 Å². The van der Waals surface area contributed by atoms with Crippen molar-refractivity contribution in [2.24, 2.45) is 5.92 Å². The first-order chi connectivity index (χ1) is 7.00. The molecule has 0 bridgehead atoms. The van der Waals surface area contributed by atoms with Gasteiger partial charge < -0.3 is 0 Å². The lowest BCUT2D eigenvalue weighted by molar-refractivity contribution is -0.388. The van der Waals surface area contributed by atoms with Gasteiger partial charge in [-0.25, -0.2) is 4.98 Å². The summed E-state index contributed by atoms with van der Waals surface area (Å²) in [6.07, 6.45) is 0. The standard InChI is InChI=1S/C9H11ClN2O2S/c1-6(2)5-15-9-7(12(13)14)3-4-8(10)11-9/h3-4,6H,5H2,1-2H3. The fraction of sp³-hybridized carbons (Fsp3) is 0.444. The van der Waals surface area contributed by atoms with E-state index < -0.39 is 4.92 Å². The van der Waals surface area contributed by atoms with E-state index in [1.807, 2.05) is 13.8 Å². The zero-order valence-electron chi connectivity index (χ0n) is 8.44. The van der Waals surface area contributed by atoms with Crippen LogP contribution in [0.15, 0.2) is 17.2 Å². The Morgan fingerprint density at radius 1 is 1.60 bits per heavy atom. The molecule has 0 saturated heterocycles. The normalized spacial score (nSPS) is 10.7. The van der Waals surface area contributed by atoms with Crippen LogP contribution in [0.3, 0.4) is 0 Å². The van der Waals surface area contributed by atoms with Crippen LogP contribution < -0.4 is 0 Å². The van der Waals surface area contributed by atoms with Gasteiger partial charge in [0.15, 0.2) is 5.03 Å². The van der Waals surface area contributed by atoms with E-state index >= 15 is 0 Å². The minimum atomic E-state index is -0.439. The molecular formula is C9H11ClN2O2S. The largest absolute Gasteiger partial charge is 0.301 e. The molecule has 1 aromatic heterocycles. The predicted molar refractivity (Wildman–Crippen MR) is 61.5 cm³/mol. The summed E-state index contributed by atoms with van der Waals surface area (Å²) in [7, 11) is 0. The van der Waals surface area contributed by atoms with Crippen LogP contribution in [-0.4, -0.2) is 15.7 Å². The van der Waals surface area contributed by atoms with Crippen LogP contribution >= 0.6 is 23.4 Å². The SMILES string of the molecule is CC(C)CSc1nc(Cl)ccc1[N+](=O)[O-]. The van der Waals surface area contributed by atoms with Gasteiger partial charge in [-0.1, -0.05) is 37.2 Å².